The first-order valence-electron chi connectivity index (χ1n) is 12.3. The van der Waals surface area contributed by atoms with Gasteiger partial charge < -0.3 is 30.3 Å². The van der Waals surface area contributed by atoms with E-state index in [4.69, 9.17) is 4.74 Å². The Morgan fingerprint density at radius 2 is 1.76 bits per heavy atom. The number of β-amino-alcohol motifs (C(OH)–C–C–N with tert-alkyl or cyclic N) is 1. The van der Waals surface area contributed by atoms with Gasteiger partial charge in [-0.15, -0.1) is 0 Å². The van der Waals surface area contributed by atoms with Gasteiger partial charge in [0, 0.05) is 44.8 Å². The monoisotopic (exact) mass is 456 g/mol. The van der Waals surface area contributed by atoms with Gasteiger partial charge in [0.15, 0.2) is 0 Å². The summed E-state index contributed by atoms with van der Waals surface area (Å²) in [4.78, 5) is 4.66. The second kappa shape index (κ2) is 12.3. The van der Waals surface area contributed by atoms with Crippen molar-refractivity contribution in [3.63, 3.8) is 0 Å². The Hall–Kier alpha value is -2.19. The van der Waals surface area contributed by atoms with Crippen LogP contribution in [0, 0.1) is 5.82 Å². The number of likely N-dealkylation sites (tertiary alicyclic amines) is 1. The Bertz CT molecular complexity index is 869. The third kappa shape index (κ3) is 6.90. The van der Waals surface area contributed by atoms with E-state index in [2.05, 4.69) is 38.6 Å². The van der Waals surface area contributed by atoms with E-state index in [0.29, 0.717) is 26.1 Å². The average Bonchev–Trinajstić information content (AvgIpc) is 3.35. The second-order valence-corrected chi connectivity index (χ2v) is 8.99. The van der Waals surface area contributed by atoms with Gasteiger partial charge in [0.1, 0.15) is 24.3 Å². The Kier molecular flexibility index (Phi) is 8.94. The van der Waals surface area contributed by atoms with Gasteiger partial charge in [0.2, 0.25) is 0 Å². The van der Waals surface area contributed by atoms with E-state index in [1.54, 1.807) is 6.07 Å². The molecule has 2 fully saturated rings. The fourth-order valence-corrected chi connectivity index (χ4v) is 4.67. The molecule has 2 aliphatic rings. The summed E-state index contributed by atoms with van der Waals surface area (Å²) in [6, 6.07) is 13.2. The highest BCUT2D eigenvalue weighted by molar-refractivity contribution is 5.62. The van der Waals surface area contributed by atoms with Crippen LogP contribution >= 0.6 is 0 Å². The Labute approximate surface area is 196 Å². The molecule has 0 radical (unpaired) electrons. The highest BCUT2D eigenvalue weighted by Gasteiger charge is 2.20. The predicted molar refractivity (Wildman–Crippen MR) is 131 cm³/mol. The standard InChI is InChI=1S/C26H37FN4O2/c27-24-8-2-1-6-21(24)10-11-29-18-22-7-5-9-25(31-16-12-28-13-17-31)26(22)33-20-23(32)19-30-14-3-4-15-30/h1-2,5-9,23,28-29,32H,3-4,10-20H2. The summed E-state index contributed by atoms with van der Waals surface area (Å²) in [7, 11) is 0. The maximum Gasteiger partial charge on any atom is 0.147 e. The van der Waals surface area contributed by atoms with Gasteiger partial charge in [-0.2, -0.15) is 0 Å². The zero-order valence-corrected chi connectivity index (χ0v) is 19.4. The second-order valence-electron chi connectivity index (χ2n) is 8.99. The molecule has 1 atom stereocenters. The van der Waals surface area contributed by atoms with Crippen molar-refractivity contribution in [2.75, 3.05) is 63.9 Å². The molecule has 180 valence electrons. The van der Waals surface area contributed by atoms with Crippen molar-refractivity contribution in [1.29, 1.82) is 0 Å². The molecule has 2 aromatic rings. The molecule has 2 saturated heterocycles. The fourth-order valence-electron chi connectivity index (χ4n) is 4.67. The highest BCUT2D eigenvalue weighted by Crippen LogP contribution is 2.33. The minimum atomic E-state index is -0.513. The number of hydrogen-bond donors (Lipinski definition) is 3. The fraction of sp³-hybridized carbons (Fsp3) is 0.538. The lowest BCUT2D eigenvalue weighted by Gasteiger charge is -2.32. The Balaban J connectivity index is 1.40. The molecule has 0 amide bonds. The number of hydrogen-bond acceptors (Lipinski definition) is 6. The van der Waals surface area contributed by atoms with Crippen LogP contribution in [0.15, 0.2) is 42.5 Å². The number of halogens is 1. The average molecular weight is 457 g/mol. The number of rotatable bonds is 11. The topological polar surface area (TPSA) is 60.0 Å². The molecule has 33 heavy (non-hydrogen) atoms. The van der Waals surface area contributed by atoms with Crippen molar-refractivity contribution >= 4 is 5.69 Å². The SMILES string of the molecule is OC(COc1c(CNCCc2ccccc2F)cccc1N1CCNCC1)CN1CCCC1. The number of aliphatic hydroxyl groups excluding tert-OH is 1. The summed E-state index contributed by atoms with van der Waals surface area (Å²) in [5, 5.41) is 17.4. The van der Waals surface area contributed by atoms with Crippen molar-refractivity contribution in [2.24, 2.45) is 0 Å². The van der Waals surface area contributed by atoms with E-state index in [9.17, 15) is 9.50 Å². The molecular formula is C26H37FN4O2. The van der Waals surface area contributed by atoms with E-state index in [1.807, 2.05) is 12.1 Å². The van der Waals surface area contributed by atoms with Crippen LogP contribution in [0.4, 0.5) is 10.1 Å². The van der Waals surface area contributed by atoms with Gasteiger partial charge in [-0.3, -0.25) is 0 Å². The predicted octanol–water partition coefficient (Wildman–Crippen LogP) is 2.40. The van der Waals surface area contributed by atoms with E-state index >= 15 is 0 Å². The summed E-state index contributed by atoms with van der Waals surface area (Å²) < 4.78 is 20.2. The van der Waals surface area contributed by atoms with E-state index in [1.165, 1.54) is 18.9 Å². The molecule has 7 heteroatoms. The first-order valence-corrected chi connectivity index (χ1v) is 12.3. The Morgan fingerprint density at radius 3 is 2.55 bits per heavy atom. The molecule has 0 aromatic heterocycles. The third-order valence-electron chi connectivity index (χ3n) is 6.47. The lowest BCUT2D eigenvalue weighted by atomic mass is 10.1. The van der Waals surface area contributed by atoms with E-state index < -0.39 is 6.10 Å². The van der Waals surface area contributed by atoms with E-state index in [-0.39, 0.29) is 12.4 Å². The van der Waals surface area contributed by atoms with Crippen molar-refractivity contribution in [1.82, 2.24) is 15.5 Å². The lowest BCUT2D eigenvalue weighted by molar-refractivity contribution is 0.0755. The third-order valence-corrected chi connectivity index (χ3v) is 6.47. The molecule has 2 aliphatic heterocycles. The molecule has 0 saturated carbocycles. The van der Waals surface area contributed by atoms with Gasteiger partial charge in [0.05, 0.1) is 5.69 Å². The van der Waals surface area contributed by atoms with Crippen LogP contribution in [0.1, 0.15) is 24.0 Å². The van der Waals surface area contributed by atoms with Crippen LogP contribution in [-0.4, -0.2) is 75.1 Å². The minimum Gasteiger partial charge on any atom is -0.488 e. The molecule has 4 rings (SSSR count). The molecule has 2 aromatic carbocycles. The van der Waals surface area contributed by atoms with Crippen LogP contribution < -0.4 is 20.3 Å². The molecule has 2 heterocycles. The van der Waals surface area contributed by atoms with Gasteiger partial charge in [-0.1, -0.05) is 30.3 Å². The maximum atomic E-state index is 13.9. The number of nitrogens with one attached hydrogen (secondary N) is 2. The normalized spacial score (nSPS) is 17.9. The summed E-state index contributed by atoms with van der Waals surface area (Å²) in [5.74, 6) is 0.689. The number of aliphatic hydroxyl groups is 1. The van der Waals surface area contributed by atoms with Crippen LogP contribution in [0.25, 0.3) is 0 Å². The van der Waals surface area contributed by atoms with Crippen molar-refractivity contribution in [2.45, 2.75) is 31.9 Å². The highest BCUT2D eigenvalue weighted by atomic mass is 19.1. The quantitative estimate of drug-likeness (QED) is 0.452. The molecule has 0 bridgehead atoms. The first-order chi connectivity index (χ1) is 16.2. The number of benzene rings is 2. The summed E-state index contributed by atoms with van der Waals surface area (Å²) in [6.45, 7) is 8.12. The summed E-state index contributed by atoms with van der Waals surface area (Å²) in [5.41, 5.74) is 2.87. The Morgan fingerprint density at radius 1 is 1.00 bits per heavy atom. The summed E-state index contributed by atoms with van der Waals surface area (Å²) >= 11 is 0. The van der Waals surface area contributed by atoms with Gasteiger partial charge in [-0.05, 0) is 56.6 Å². The molecule has 0 aliphatic carbocycles. The maximum absolute atomic E-state index is 13.9. The molecule has 6 nitrogen and oxygen atoms in total. The molecule has 1 unspecified atom stereocenters. The number of piperazine rings is 1. The van der Waals surface area contributed by atoms with Crippen molar-refractivity contribution in [3.05, 3.63) is 59.4 Å². The van der Waals surface area contributed by atoms with Crippen LogP contribution in [0.5, 0.6) is 5.75 Å². The van der Waals surface area contributed by atoms with Crippen LogP contribution in [0.3, 0.4) is 0 Å². The largest absolute Gasteiger partial charge is 0.488 e. The van der Waals surface area contributed by atoms with Gasteiger partial charge in [0.25, 0.3) is 0 Å². The van der Waals surface area contributed by atoms with Crippen molar-refractivity contribution < 1.29 is 14.2 Å². The zero-order chi connectivity index (χ0) is 22.9. The van der Waals surface area contributed by atoms with Gasteiger partial charge in [-0.25, -0.2) is 4.39 Å². The minimum absolute atomic E-state index is 0.156. The van der Waals surface area contributed by atoms with Crippen LogP contribution in [0.2, 0.25) is 0 Å². The number of para-hydroxylation sites is 1. The smallest absolute Gasteiger partial charge is 0.147 e. The molecular weight excluding hydrogens is 419 g/mol. The number of ether oxygens (including phenoxy) is 1. The van der Waals surface area contributed by atoms with Crippen molar-refractivity contribution in [3.8, 4) is 5.75 Å². The molecule has 0 spiro atoms. The first kappa shape index (κ1) is 24.0. The summed E-state index contributed by atoms with van der Waals surface area (Å²) in [6.07, 6.45) is 2.54. The lowest BCUT2D eigenvalue weighted by Crippen LogP contribution is -2.43. The number of nitrogens with zero attached hydrogens (tertiary/aromatic N) is 2. The zero-order valence-electron chi connectivity index (χ0n) is 19.4. The number of anilines is 1. The van der Waals surface area contributed by atoms with Crippen LogP contribution in [-0.2, 0) is 13.0 Å². The molecule has 3 N–H and O–H groups in total. The van der Waals surface area contributed by atoms with E-state index in [0.717, 1.165) is 61.8 Å². The van der Waals surface area contributed by atoms with Gasteiger partial charge >= 0.3 is 0 Å².